The van der Waals surface area contributed by atoms with Gasteiger partial charge in [0.15, 0.2) is 0 Å². The van der Waals surface area contributed by atoms with Gasteiger partial charge in [-0.05, 0) is 72.0 Å². The number of benzene rings is 3. The Morgan fingerprint density at radius 1 is 1.13 bits per heavy atom. The number of carbonyl (C=O) groups is 1. The number of hydrogen-bond acceptors (Lipinski definition) is 6. The number of carboxylic acids is 1. The van der Waals surface area contributed by atoms with Crippen molar-refractivity contribution in [1.82, 2.24) is 4.98 Å². The van der Waals surface area contributed by atoms with Crippen LogP contribution in [0.4, 0.5) is 24.7 Å². The van der Waals surface area contributed by atoms with Gasteiger partial charge in [0, 0.05) is 34.8 Å². The summed E-state index contributed by atoms with van der Waals surface area (Å²) in [5.74, 6) is -0.168. The molecule has 1 heterocycles. The van der Waals surface area contributed by atoms with Gasteiger partial charge >= 0.3 is 12.3 Å². The Morgan fingerprint density at radius 3 is 2.53 bits per heavy atom. The highest BCUT2D eigenvalue weighted by molar-refractivity contribution is 8.00. The predicted octanol–water partition coefficient (Wildman–Crippen LogP) is 7.46. The van der Waals surface area contributed by atoms with Gasteiger partial charge < -0.3 is 15.2 Å². The number of ether oxygens (including phenoxy) is 1. The lowest BCUT2D eigenvalue weighted by atomic mass is 10.0. The van der Waals surface area contributed by atoms with Crippen LogP contribution in [0.3, 0.4) is 0 Å². The molecule has 196 valence electrons. The van der Waals surface area contributed by atoms with Crippen molar-refractivity contribution < 1.29 is 27.8 Å². The second kappa shape index (κ2) is 10.4. The average molecular weight is 540 g/mol. The Hall–Kier alpha value is -3.92. The Kier molecular flexibility index (Phi) is 7.07. The lowest BCUT2D eigenvalue weighted by Crippen LogP contribution is -2.18. The highest BCUT2D eigenvalue weighted by atomic mass is 32.2. The molecule has 1 fully saturated rings. The highest BCUT2D eigenvalue weighted by Crippen LogP contribution is 2.48. The van der Waals surface area contributed by atoms with Crippen LogP contribution in [0.25, 0.3) is 10.8 Å². The summed E-state index contributed by atoms with van der Waals surface area (Å²) >= 11 is 1.40. The van der Waals surface area contributed by atoms with E-state index in [2.05, 4.69) is 16.1 Å². The van der Waals surface area contributed by atoms with E-state index in [1.54, 1.807) is 37.4 Å². The van der Waals surface area contributed by atoms with Gasteiger partial charge in [-0.25, -0.2) is 9.78 Å². The summed E-state index contributed by atoms with van der Waals surface area (Å²) < 4.78 is 43.9. The van der Waals surface area contributed by atoms with Crippen LogP contribution in [-0.4, -0.2) is 29.5 Å². The number of nitrogens with zero attached hydrogens (tertiary/aromatic N) is 2. The van der Waals surface area contributed by atoms with Gasteiger partial charge in [-0.3, -0.25) is 4.31 Å². The van der Waals surface area contributed by atoms with Gasteiger partial charge in [0.1, 0.15) is 11.6 Å². The molecule has 1 aliphatic carbocycles. The second-order valence-corrected chi connectivity index (χ2v) is 10.0. The quantitative estimate of drug-likeness (QED) is 0.214. The van der Waals surface area contributed by atoms with E-state index in [-0.39, 0.29) is 11.3 Å². The van der Waals surface area contributed by atoms with Crippen LogP contribution in [0.2, 0.25) is 0 Å². The maximum atomic E-state index is 12.6. The summed E-state index contributed by atoms with van der Waals surface area (Å²) in [5.41, 5.74) is 2.54. The molecular formula is C28H24F3N3O3S. The summed E-state index contributed by atoms with van der Waals surface area (Å²) in [6.45, 7) is 0.345. The third-order valence-electron chi connectivity index (χ3n) is 6.23. The van der Waals surface area contributed by atoms with Crippen molar-refractivity contribution in [3.05, 3.63) is 89.6 Å². The minimum Gasteiger partial charge on any atom is -0.478 e. The summed E-state index contributed by atoms with van der Waals surface area (Å²) in [4.78, 5) is 17.2. The first-order valence-corrected chi connectivity index (χ1v) is 12.7. The van der Waals surface area contributed by atoms with E-state index in [1.165, 1.54) is 24.1 Å². The molecule has 4 aromatic rings. The molecule has 0 amide bonds. The lowest BCUT2D eigenvalue weighted by molar-refractivity contribution is -0.274. The van der Waals surface area contributed by atoms with E-state index in [0.29, 0.717) is 18.2 Å². The number of fused-ring (bicyclic) bond motifs is 1. The molecule has 0 saturated heterocycles. The van der Waals surface area contributed by atoms with Gasteiger partial charge in [-0.2, -0.15) is 0 Å². The third kappa shape index (κ3) is 5.80. The zero-order chi connectivity index (χ0) is 26.9. The minimum absolute atomic E-state index is 0.158. The molecule has 38 heavy (non-hydrogen) atoms. The van der Waals surface area contributed by atoms with Crippen molar-refractivity contribution in [3.8, 4) is 5.75 Å². The average Bonchev–Trinajstić information content (AvgIpc) is 3.73. The molecule has 0 bridgehead atoms. The van der Waals surface area contributed by atoms with Gasteiger partial charge in [0.05, 0.1) is 12.1 Å². The summed E-state index contributed by atoms with van der Waals surface area (Å²) in [6, 6.07) is 18.9. The number of rotatable bonds is 9. The maximum absolute atomic E-state index is 12.6. The smallest absolute Gasteiger partial charge is 0.478 e. The first-order chi connectivity index (χ1) is 18.2. The molecule has 0 atom stereocenters. The van der Waals surface area contributed by atoms with Crippen LogP contribution >= 0.6 is 11.9 Å². The van der Waals surface area contributed by atoms with Crippen LogP contribution in [0.5, 0.6) is 5.75 Å². The highest BCUT2D eigenvalue weighted by Gasteiger charge is 2.32. The van der Waals surface area contributed by atoms with Crippen LogP contribution in [0.15, 0.2) is 77.8 Å². The summed E-state index contributed by atoms with van der Waals surface area (Å²) in [7, 11) is 1.66. The molecule has 3 aromatic carbocycles. The lowest BCUT2D eigenvalue weighted by Gasteiger charge is -2.26. The fourth-order valence-electron chi connectivity index (χ4n) is 4.36. The van der Waals surface area contributed by atoms with Gasteiger partial charge in [-0.15, -0.1) is 13.2 Å². The monoisotopic (exact) mass is 539 g/mol. The van der Waals surface area contributed by atoms with Crippen LogP contribution in [0, 0.1) is 0 Å². The van der Waals surface area contributed by atoms with Gasteiger partial charge in [0.2, 0.25) is 0 Å². The van der Waals surface area contributed by atoms with E-state index in [0.717, 1.165) is 45.5 Å². The number of anilines is 2. The Morgan fingerprint density at radius 2 is 1.87 bits per heavy atom. The molecule has 1 aromatic heterocycles. The Balaban J connectivity index is 1.54. The number of halogens is 3. The first-order valence-electron chi connectivity index (χ1n) is 11.9. The zero-order valence-electron chi connectivity index (χ0n) is 20.3. The van der Waals surface area contributed by atoms with Gasteiger partial charge in [-0.1, -0.05) is 36.4 Å². The van der Waals surface area contributed by atoms with Crippen molar-refractivity contribution in [3.63, 3.8) is 0 Å². The normalized spacial score (nSPS) is 13.4. The Bertz CT molecular complexity index is 1470. The van der Waals surface area contributed by atoms with Crippen molar-refractivity contribution in [2.45, 2.75) is 36.6 Å². The molecule has 0 unspecified atom stereocenters. The van der Waals surface area contributed by atoms with E-state index in [4.69, 9.17) is 4.98 Å². The van der Waals surface area contributed by atoms with Crippen molar-refractivity contribution in [1.29, 1.82) is 0 Å². The molecule has 6 nitrogen and oxygen atoms in total. The van der Waals surface area contributed by atoms with Crippen LogP contribution in [0.1, 0.15) is 40.2 Å². The molecule has 2 N–H and O–H groups in total. The molecule has 0 aliphatic heterocycles. The van der Waals surface area contributed by atoms with Crippen molar-refractivity contribution in [2.24, 2.45) is 0 Å². The van der Waals surface area contributed by atoms with Gasteiger partial charge in [0.25, 0.3) is 0 Å². The van der Waals surface area contributed by atoms with Crippen molar-refractivity contribution in [2.75, 3.05) is 16.7 Å². The molecule has 5 rings (SSSR count). The van der Waals surface area contributed by atoms with Crippen LogP contribution in [-0.2, 0) is 6.54 Å². The number of nitrogens with one attached hydrogen (secondary N) is 1. The summed E-state index contributed by atoms with van der Waals surface area (Å²) in [6.07, 6.45) is -0.814. The summed E-state index contributed by atoms with van der Waals surface area (Å²) in [5, 5.41) is 14.6. The SMILES string of the molecule is CNc1cc(SN(Cc2ccc(OC(F)(F)F)cc2)c2ncc3ccccc3c2C2CC2)ccc1C(=O)O. The number of carboxylic acid groups (broad SMARTS) is 1. The molecule has 0 radical (unpaired) electrons. The minimum atomic E-state index is -4.76. The second-order valence-electron chi connectivity index (χ2n) is 8.94. The fourth-order valence-corrected chi connectivity index (χ4v) is 5.36. The van der Waals surface area contributed by atoms with Crippen LogP contribution < -0.4 is 14.4 Å². The fraction of sp³-hybridized carbons (Fsp3) is 0.214. The van der Waals surface area contributed by atoms with E-state index < -0.39 is 12.3 Å². The molecule has 1 saturated carbocycles. The number of pyridine rings is 1. The maximum Gasteiger partial charge on any atom is 0.573 e. The molecule has 10 heteroatoms. The number of alkyl halides is 3. The van der Waals surface area contributed by atoms with E-state index >= 15 is 0 Å². The molecule has 1 aliphatic rings. The standard InChI is InChI=1S/C28H24F3N3O3S/c1-32-24-14-21(12-13-23(24)27(35)36)38-34(16-17-6-10-20(11-7-17)37-28(29,30)31)26-25(18-8-9-18)22-5-3-2-4-19(22)15-33-26/h2-7,10-15,18,32H,8-9,16H2,1H3,(H,35,36). The largest absolute Gasteiger partial charge is 0.573 e. The Labute approximate surface area is 221 Å². The third-order valence-corrected chi connectivity index (χ3v) is 7.22. The number of aromatic nitrogens is 1. The number of aromatic carboxylic acids is 1. The topological polar surface area (TPSA) is 74.7 Å². The molecular weight excluding hydrogens is 515 g/mol. The zero-order valence-corrected chi connectivity index (χ0v) is 21.1. The van der Waals surface area contributed by atoms with E-state index in [1.807, 2.05) is 28.7 Å². The molecule has 0 spiro atoms. The van der Waals surface area contributed by atoms with E-state index in [9.17, 15) is 23.1 Å². The first kappa shape index (κ1) is 25.7. The van der Waals surface area contributed by atoms with Crippen molar-refractivity contribution >= 4 is 40.2 Å². The predicted molar refractivity (Wildman–Crippen MR) is 142 cm³/mol. The number of hydrogen-bond donors (Lipinski definition) is 2.